The number of hydrogen-bond donors (Lipinski definition) is 1. The predicted octanol–water partition coefficient (Wildman–Crippen LogP) is 9.17. The summed E-state index contributed by atoms with van der Waals surface area (Å²) in [5, 5.41) is 9.61. The van der Waals surface area contributed by atoms with Crippen LogP contribution in [0.3, 0.4) is 0 Å². The molecule has 1 N–H and O–H groups in total. The third-order valence-corrected chi connectivity index (χ3v) is 7.25. The summed E-state index contributed by atoms with van der Waals surface area (Å²) in [6.07, 6.45) is 28.0. The maximum absolute atomic E-state index is 9.61. The van der Waals surface area contributed by atoms with Crippen LogP contribution in [0.15, 0.2) is 0 Å². The Kier molecular flexibility index (Phi) is 25.6. The number of aliphatic hydroxyl groups is 1. The SMILES string of the molecule is CCCCCCCCCCCCSCC(CO)CCCCCCCCCCC. The van der Waals surface area contributed by atoms with E-state index < -0.39 is 0 Å². The van der Waals surface area contributed by atoms with Crippen LogP contribution in [0.4, 0.5) is 0 Å². The molecule has 0 aromatic rings. The zero-order valence-corrected chi connectivity index (χ0v) is 20.5. The highest BCUT2D eigenvalue weighted by Gasteiger charge is 2.07. The molecule has 0 aliphatic heterocycles. The lowest BCUT2D eigenvalue weighted by atomic mass is 10.0. The Hall–Kier alpha value is 0.310. The van der Waals surface area contributed by atoms with Crippen LogP contribution in [0.2, 0.25) is 0 Å². The molecule has 170 valence electrons. The smallest absolute Gasteiger partial charge is 0.0467 e. The normalized spacial score (nSPS) is 12.5. The molecular formula is C26H54OS. The van der Waals surface area contributed by atoms with Crippen molar-refractivity contribution in [1.82, 2.24) is 0 Å². The van der Waals surface area contributed by atoms with Crippen molar-refractivity contribution in [3.63, 3.8) is 0 Å². The zero-order chi connectivity index (χ0) is 20.5. The van der Waals surface area contributed by atoms with Crippen LogP contribution in [0, 0.1) is 5.92 Å². The van der Waals surface area contributed by atoms with E-state index in [1.807, 2.05) is 0 Å². The van der Waals surface area contributed by atoms with E-state index in [1.165, 1.54) is 140 Å². The van der Waals surface area contributed by atoms with E-state index in [1.54, 1.807) is 0 Å². The van der Waals surface area contributed by atoms with Gasteiger partial charge in [0.15, 0.2) is 0 Å². The topological polar surface area (TPSA) is 20.2 Å². The fourth-order valence-corrected chi connectivity index (χ4v) is 5.09. The van der Waals surface area contributed by atoms with Crippen LogP contribution < -0.4 is 0 Å². The van der Waals surface area contributed by atoms with Crippen LogP contribution >= 0.6 is 11.8 Å². The van der Waals surface area contributed by atoms with Crippen molar-refractivity contribution in [3.05, 3.63) is 0 Å². The van der Waals surface area contributed by atoms with Crippen molar-refractivity contribution < 1.29 is 5.11 Å². The van der Waals surface area contributed by atoms with Crippen LogP contribution in [0.1, 0.15) is 142 Å². The third-order valence-electron chi connectivity index (χ3n) is 5.97. The van der Waals surface area contributed by atoms with Crippen molar-refractivity contribution in [3.8, 4) is 0 Å². The molecule has 1 unspecified atom stereocenters. The molecule has 2 heteroatoms. The molecule has 0 aromatic carbocycles. The Morgan fingerprint density at radius 1 is 0.536 bits per heavy atom. The van der Waals surface area contributed by atoms with E-state index in [-0.39, 0.29) is 0 Å². The van der Waals surface area contributed by atoms with Gasteiger partial charge in [-0.3, -0.25) is 0 Å². The first-order chi connectivity index (χ1) is 13.8. The summed E-state index contributed by atoms with van der Waals surface area (Å²) >= 11 is 2.08. The van der Waals surface area contributed by atoms with Gasteiger partial charge in [0, 0.05) is 6.61 Å². The molecule has 0 spiro atoms. The lowest BCUT2D eigenvalue weighted by Gasteiger charge is -2.13. The Bertz CT molecular complexity index is 269. The van der Waals surface area contributed by atoms with E-state index in [2.05, 4.69) is 25.6 Å². The number of rotatable bonds is 24. The predicted molar refractivity (Wildman–Crippen MR) is 132 cm³/mol. The van der Waals surface area contributed by atoms with Crippen molar-refractivity contribution in [2.45, 2.75) is 142 Å². The third kappa shape index (κ3) is 22.6. The lowest BCUT2D eigenvalue weighted by molar-refractivity contribution is 0.230. The Morgan fingerprint density at radius 2 is 0.929 bits per heavy atom. The molecule has 0 radical (unpaired) electrons. The molecule has 0 amide bonds. The van der Waals surface area contributed by atoms with E-state index in [0.717, 1.165) is 0 Å². The minimum Gasteiger partial charge on any atom is -0.396 e. The van der Waals surface area contributed by atoms with Gasteiger partial charge < -0.3 is 5.11 Å². The average molecular weight is 415 g/mol. The van der Waals surface area contributed by atoms with Crippen LogP contribution in [-0.4, -0.2) is 23.2 Å². The van der Waals surface area contributed by atoms with E-state index >= 15 is 0 Å². The molecule has 0 aliphatic rings. The van der Waals surface area contributed by atoms with Crippen molar-refractivity contribution >= 4 is 11.8 Å². The number of unbranched alkanes of at least 4 members (excludes halogenated alkanes) is 17. The fraction of sp³-hybridized carbons (Fsp3) is 1.00. The number of aliphatic hydroxyl groups excluding tert-OH is 1. The average Bonchev–Trinajstić information content (AvgIpc) is 2.71. The first-order valence-corrected chi connectivity index (χ1v) is 14.2. The monoisotopic (exact) mass is 414 g/mol. The van der Waals surface area contributed by atoms with Crippen molar-refractivity contribution in [2.75, 3.05) is 18.1 Å². The number of thioether (sulfide) groups is 1. The van der Waals surface area contributed by atoms with Gasteiger partial charge in [0.25, 0.3) is 0 Å². The van der Waals surface area contributed by atoms with Gasteiger partial charge in [-0.25, -0.2) is 0 Å². The second-order valence-electron chi connectivity index (χ2n) is 8.92. The minimum atomic E-state index is 0.391. The van der Waals surface area contributed by atoms with Crippen molar-refractivity contribution in [1.29, 1.82) is 0 Å². The molecule has 1 nitrogen and oxygen atoms in total. The molecule has 0 saturated carbocycles. The Morgan fingerprint density at radius 3 is 1.36 bits per heavy atom. The molecule has 0 saturated heterocycles. The largest absolute Gasteiger partial charge is 0.396 e. The van der Waals surface area contributed by atoms with Gasteiger partial charge in [-0.2, -0.15) is 11.8 Å². The van der Waals surface area contributed by atoms with Gasteiger partial charge in [-0.1, -0.05) is 129 Å². The molecule has 1 atom stereocenters. The van der Waals surface area contributed by atoms with Crippen LogP contribution in [0.5, 0.6) is 0 Å². The molecular weight excluding hydrogens is 360 g/mol. The second-order valence-corrected chi connectivity index (χ2v) is 10.1. The molecule has 0 bridgehead atoms. The van der Waals surface area contributed by atoms with Gasteiger partial charge in [-0.05, 0) is 30.3 Å². The Balaban J connectivity index is 3.27. The summed E-state index contributed by atoms with van der Waals surface area (Å²) in [6, 6.07) is 0. The molecule has 0 aliphatic carbocycles. The fourth-order valence-electron chi connectivity index (χ4n) is 3.91. The first-order valence-electron chi connectivity index (χ1n) is 13.0. The van der Waals surface area contributed by atoms with Gasteiger partial charge in [0.1, 0.15) is 0 Å². The molecule has 28 heavy (non-hydrogen) atoms. The Labute approximate surface area is 183 Å². The van der Waals surface area contributed by atoms with Gasteiger partial charge in [-0.15, -0.1) is 0 Å². The molecule has 0 fully saturated rings. The lowest BCUT2D eigenvalue weighted by Crippen LogP contribution is -2.09. The molecule has 0 rings (SSSR count). The maximum atomic E-state index is 9.61. The summed E-state index contributed by atoms with van der Waals surface area (Å²) in [4.78, 5) is 0. The molecule has 0 aromatic heterocycles. The van der Waals surface area contributed by atoms with Gasteiger partial charge >= 0.3 is 0 Å². The highest BCUT2D eigenvalue weighted by Crippen LogP contribution is 2.19. The molecule has 0 heterocycles. The van der Waals surface area contributed by atoms with E-state index in [4.69, 9.17) is 0 Å². The number of hydrogen-bond acceptors (Lipinski definition) is 2. The zero-order valence-electron chi connectivity index (χ0n) is 19.7. The van der Waals surface area contributed by atoms with E-state index in [9.17, 15) is 5.11 Å². The highest BCUT2D eigenvalue weighted by molar-refractivity contribution is 7.99. The second kappa shape index (κ2) is 25.3. The van der Waals surface area contributed by atoms with Gasteiger partial charge in [0.2, 0.25) is 0 Å². The standard InChI is InChI=1S/C26H54OS/c1-3-5-7-9-11-13-15-17-19-21-23-28-25-26(24-27)22-20-18-16-14-12-10-8-6-4-2/h26-27H,3-25H2,1-2H3. The summed E-state index contributed by atoms with van der Waals surface area (Å²) < 4.78 is 0. The van der Waals surface area contributed by atoms with Gasteiger partial charge in [0.05, 0.1) is 0 Å². The highest BCUT2D eigenvalue weighted by atomic mass is 32.2. The summed E-state index contributed by atoms with van der Waals surface area (Å²) in [5.41, 5.74) is 0. The summed E-state index contributed by atoms with van der Waals surface area (Å²) in [7, 11) is 0. The first kappa shape index (κ1) is 28.3. The maximum Gasteiger partial charge on any atom is 0.0467 e. The minimum absolute atomic E-state index is 0.391. The van der Waals surface area contributed by atoms with Crippen LogP contribution in [-0.2, 0) is 0 Å². The summed E-state index contributed by atoms with van der Waals surface area (Å²) in [6.45, 7) is 4.97. The van der Waals surface area contributed by atoms with E-state index in [0.29, 0.717) is 12.5 Å². The van der Waals surface area contributed by atoms with Crippen LogP contribution in [0.25, 0.3) is 0 Å². The van der Waals surface area contributed by atoms with Crippen molar-refractivity contribution in [2.24, 2.45) is 5.92 Å². The summed E-state index contributed by atoms with van der Waals surface area (Å²) in [5.74, 6) is 3.01. The quantitative estimate of drug-likeness (QED) is 0.159.